The first-order valence-corrected chi connectivity index (χ1v) is 8.36. The first-order chi connectivity index (χ1) is 12.2. The van der Waals surface area contributed by atoms with Crippen LogP contribution in [0.15, 0.2) is 60.8 Å². The van der Waals surface area contributed by atoms with Gasteiger partial charge in [-0.05, 0) is 47.9 Å². The number of nitrogens with one attached hydrogen (secondary N) is 2. The van der Waals surface area contributed by atoms with Crippen LogP contribution >= 0.6 is 11.6 Å². The number of anilines is 2. The standard InChI is InChI=1S/C19H18ClFN4/c20-16-5-1-15(2-6-16)13-24-18-10-12-23-19(25-18)22-11-9-14-3-7-17(21)8-4-14/h1-8,10,12H,9,11,13H2,(H2,22,23,24,25). The fourth-order valence-electron chi connectivity index (χ4n) is 2.31. The molecule has 0 saturated heterocycles. The molecule has 2 N–H and O–H groups in total. The lowest BCUT2D eigenvalue weighted by Gasteiger charge is -2.09. The van der Waals surface area contributed by atoms with Crippen molar-refractivity contribution >= 4 is 23.4 Å². The number of nitrogens with zero attached hydrogens (tertiary/aromatic N) is 2. The predicted octanol–water partition coefficient (Wildman–Crippen LogP) is 4.54. The molecule has 3 rings (SSSR count). The number of halogens is 2. The van der Waals surface area contributed by atoms with Crippen LogP contribution < -0.4 is 10.6 Å². The SMILES string of the molecule is Fc1ccc(CCNc2nccc(NCc3ccc(Cl)cc3)n2)cc1. The van der Waals surface area contributed by atoms with Crippen LogP contribution in [0.5, 0.6) is 0 Å². The summed E-state index contributed by atoms with van der Waals surface area (Å²) in [5.41, 5.74) is 2.18. The Kier molecular flexibility index (Phi) is 5.80. The van der Waals surface area contributed by atoms with Gasteiger partial charge in [-0.2, -0.15) is 4.98 Å². The summed E-state index contributed by atoms with van der Waals surface area (Å²) in [5, 5.41) is 7.16. The fraction of sp³-hybridized carbons (Fsp3) is 0.158. The fourth-order valence-corrected chi connectivity index (χ4v) is 2.43. The maximum absolute atomic E-state index is 12.9. The van der Waals surface area contributed by atoms with Crippen molar-refractivity contribution in [3.63, 3.8) is 0 Å². The average molecular weight is 357 g/mol. The molecule has 0 bridgehead atoms. The minimum atomic E-state index is -0.223. The Morgan fingerprint density at radius 3 is 2.36 bits per heavy atom. The van der Waals surface area contributed by atoms with Gasteiger partial charge in [-0.15, -0.1) is 0 Å². The Morgan fingerprint density at radius 1 is 0.880 bits per heavy atom. The van der Waals surface area contributed by atoms with E-state index in [2.05, 4.69) is 20.6 Å². The molecule has 0 spiro atoms. The van der Waals surface area contributed by atoms with Gasteiger partial charge < -0.3 is 10.6 Å². The lowest BCUT2D eigenvalue weighted by molar-refractivity contribution is 0.627. The van der Waals surface area contributed by atoms with Crippen molar-refractivity contribution in [3.8, 4) is 0 Å². The van der Waals surface area contributed by atoms with Crippen molar-refractivity contribution in [2.24, 2.45) is 0 Å². The highest BCUT2D eigenvalue weighted by molar-refractivity contribution is 6.30. The molecule has 0 fully saturated rings. The molecular formula is C19H18ClFN4. The van der Waals surface area contributed by atoms with E-state index in [0.29, 0.717) is 19.0 Å². The Balaban J connectivity index is 1.50. The minimum absolute atomic E-state index is 0.223. The summed E-state index contributed by atoms with van der Waals surface area (Å²) < 4.78 is 12.9. The van der Waals surface area contributed by atoms with E-state index in [9.17, 15) is 4.39 Å². The Labute approximate surface area is 151 Å². The van der Waals surface area contributed by atoms with E-state index >= 15 is 0 Å². The predicted molar refractivity (Wildman–Crippen MR) is 99.4 cm³/mol. The zero-order chi connectivity index (χ0) is 17.5. The molecule has 0 aliphatic heterocycles. The highest BCUT2D eigenvalue weighted by atomic mass is 35.5. The molecule has 1 aromatic heterocycles. The zero-order valence-corrected chi connectivity index (χ0v) is 14.3. The van der Waals surface area contributed by atoms with E-state index in [0.717, 1.165) is 28.4 Å². The van der Waals surface area contributed by atoms with Gasteiger partial charge in [0.25, 0.3) is 0 Å². The molecule has 0 unspecified atom stereocenters. The maximum atomic E-state index is 12.9. The zero-order valence-electron chi connectivity index (χ0n) is 13.5. The van der Waals surface area contributed by atoms with Crippen molar-refractivity contribution < 1.29 is 4.39 Å². The largest absolute Gasteiger partial charge is 0.366 e. The summed E-state index contributed by atoms with van der Waals surface area (Å²) in [4.78, 5) is 8.64. The normalized spacial score (nSPS) is 10.5. The van der Waals surface area contributed by atoms with Crippen LogP contribution in [0.1, 0.15) is 11.1 Å². The lowest BCUT2D eigenvalue weighted by Crippen LogP contribution is -2.09. The molecule has 0 atom stereocenters. The number of hydrogen-bond acceptors (Lipinski definition) is 4. The third kappa shape index (κ3) is 5.43. The van der Waals surface area contributed by atoms with E-state index < -0.39 is 0 Å². The van der Waals surface area contributed by atoms with Gasteiger partial charge in [-0.25, -0.2) is 9.37 Å². The smallest absolute Gasteiger partial charge is 0.224 e. The maximum Gasteiger partial charge on any atom is 0.224 e. The van der Waals surface area contributed by atoms with Crippen molar-refractivity contribution in [2.45, 2.75) is 13.0 Å². The van der Waals surface area contributed by atoms with Crippen molar-refractivity contribution in [3.05, 3.63) is 82.8 Å². The van der Waals surface area contributed by atoms with Gasteiger partial charge in [-0.3, -0.25) is 0 Å². The van der Waals surface area contributed by atoms with Crippen molar-refractivity contribution in [1.29, 1.82) is 0 Å². The third-order valence-electron chi connectivity index (χ3n) is 3.65. The van der Waals surface area contributed by atoms with E-state index in [4.69, 9.17) is 11.6 Å². The molecule has 3 aromatic rings. The van der Waals surface area contributed by atoms with E-state index in [1.54, 1.807) is 18.3 Å². The van der Waals surface area contributed by atoms with Crippen molar-refractivity contribution in [1.82, 2.24) is 9.97 Å². The van der Waals surface area contributed by atoms with Crippen LogP contribution in [0.2, 0.25) is 5.02 Å². The second-order valence-corrected chi connectivity index (χ2v) is 5.99. The number of benzene rings is 2. The van der Waals surface area contributed by atoms with Gasteiger partial charge in [0.2, 0.25) is 5.95 Å². The summed E-state index contributed by atoms with van der Waals surface area (Å²) in [6.07, 6.45) is 2.48. The molecule has 1 heterocycles. The summed E-state index contributed by atoms with van der Waals surface area (Å²) in [6.45, 7) is 1.33. The Bertz CT molecular complexity index is 806. The Morgan fingerprint density at radius 2 is 1.60 bits per heavy atom. The second-order valence-electron chi connectivity index (χ2n) is 5.55. The van der Waals surface area contributed by atoms with Gasteiger partial charge in [0.05, 0.1) is 0 Å². The number of hydrogen-bond donors (Lipinski definition) is 2. The number of aromatic nitrogens is 2. The summed E-state index contributed by atoms with van der Waals surface area (Å²) in [6, 6.07) is 16.0. The average Bonchev–Trinajstić information content (AvgIpc) is 2.63. The van der Waals surface area contributed by atoms with Crippen molar-refractivity contribution in [2.75, 3.05) is 17.2 Å². The van der Waals surface area contributed by atoms with Crippen LogP contribution in [-0.2, 0) is 13.0 Å². The van der Waals surface area contributed by atoms with E-state index in [-0.39, 0.29) is 5.82 Å². The molecule has 25 heavy (non-hydrogen) atoms. The van der Waals surface area contributed by atoms with Crippen LogP contribution in [0.3, 0.4) is 0 Å². The molecule has 0 aliphatic rings. The summed E-state index contributed by atoms with van der Waals surface area (Å²) >= 11 is 5.88. The highest BCUT2D eigenvalue weighted by Crippen LogP contribution is 2.12. The lowest BCUT2D eigenvalue weighted by atomic mass is 10.1. The molecule has 6 heteroatoms. The second kappa shape index (κ2) is 8.44. The topological polar surface area (TPSA) is 49.8 Å². The molecule has 2 aromatic carbocycles. The summed E-state index contributed by atoms with van der Waals surface area (Å²) in [7, 11) is 0. The third-order valence-corrected chi connectivity index (χ3v) is 3.90. The summed E-state index contributed by atoms with van der Waals surface area (Å²) in [5.74, 6) is 1.08. The molecule has 4 nitrogen and oxygen atoms in total. The van der Waals surface area contributed by atoms with E-state index in [1.165, 1.54) is 12.1 Å². The quantitative estimate of drug-likeness (QED) is 0.652. The van der Waals surface area contributed by atoms with E-state index in [1.807, 2.05) is 30.3 Å². The molecule has 0 amide bonds. The van der Waals surface area contributed by atoms with Crippen LogP contribution in [0.4, 0.5) is 16.2 Å². The molecule has 0 saturated carbocycles. The first-order valence-electron chi connectivity index (χ1n) is 7.99. The molecular weight excluding hydrogens is 339 g/mol. The van der Waals surface area contributed by atoms with Gasteiger partial charge in [0.15, 0.2) is 0 Å². The molecule has 128 valence electrons. The van der Waals surface area contributed by atoms with Gasteiger partial charge in [0.1, 0.15) is 11.6 Å². The molecule has 0 aliphatic carbocycles. The van der Waals surface area contributed by atoms with Crippen LogP contribution in [0, 0.1) is 5.82 Å². The molecule has 0 radical (unpaired) electrons. The van der Waals surface area contributed by atoms with Crippen LogP contribution in [0.25, 0.3) is 0 Å². The van der Waals surface area contributed by atoms with Gasteiger partial charge in [0, 0.05) is 24.3 Å². The monoisotopic (exact) mass is 356 g/mol. The first kappa shape index (κ1) is 17.2. The van der Waals surface area contributed by atoms with Gasteiger partial charge in [-0.1, -0.05) is 35.9 Å². The number of rotatable bonds is 7. The highest BCUT2D eigenvalue weighted by Gasteiger charge is 2.00. The minimum Gasteiger partial charge on any atom is -0.366 e. The van der Waals surface area contributed by atoms with Crippen LogP contribution in [-0.4, -0.2) is 16.5 Å². The Hall–Kier alpha value is -2.66. The van der Waals surface area contributed by atoms with Gasteiger partial charge >= 0.3 is 0 Å².